The van der Waals surface area contributed by atoms with Gasteiger partial charge in [-0.1, -0.05) is 24.6 Å². The van der Waals surface area contributed by atoms with Crippen molar-refractivity contribution in [2.45, 2.75) is 6.92 Å². The van der Waals surface area contributed by atoms with Crippen LogP contribution in [0.5, 0.6) is 0 Å². The molecule has 17 heavy (non-hydrogen) atoms. The molecule has 1 aromatic carbocycles. The van der Waals surface area contributed by atoms with Crippen molar-refractivity contribution >= 4 is 27.1 Å². The lowest BCUT2D eigenvalue weighted by Crippen LogP contribution is -2.17. The summed E-state index contributed by atoms with van der Waals surface area (Å²) in [6.45, 7) is 1.88. The Morgan fingerprint density at radius 3 is 2.76 bits per heavy atom. The molecular weight excluding hydrogens is 260 g/mol. The zero-order valence-electron chi connectivity index (χ0n) is 9.40. The van der Waals surface area contributed by atoms with Crippen molar-refractivity contribution in [1.29, 1.82) is 5.26 Å². The van der Waals surface area contributed by atoms with Crippen LogP contribution in [0.1, 0.15) is 12.5 Å². The monoisotopic (exact) mass is 272 g/mol. The predicted octanol–water partition coefficient (Wildman–Crippen LogP) is 2.06. The van der Waals surface area contributed by atoms with Gasteiger partial charge in [-0.15, -0.1) is 0 Å². The van der Waals surface area contributed by atoms with Gasteiger partial charge in [-0.3, -0.25) is 0 Å². The number of hydrogen-bond donors (Lipinski definition) is 1. The van der Waals surface area contributed by atoms with Crippen molar-refractivity contribution in [3.8, 4) is 6.07 Å². The molecular formula is C11H13ClN2O2S. The molecule has 6 heteroatoms. The molecule has 1 rings (SSSR count). The normalized spacial score (nSPS) is 10.9. The van der Waals surface area contributed by atoms with E-state index in [9.17, 15) is 8.42 Å². The highest BCUT2D eigenvalue weighted by molar-refractivity contribution is 7.91. The van der Waals surface area contributed by atoms with E-state index in [0.717, 1.165) is 0 Å². The molecule has 4 nitrogen and oxygen atoms in total. The quantitative estimate of drug-likeness (QED) is 0.891. The molecule has 0 heterocycles. The van der Waals surface area contributed by atoms with E-state index in [4.69, 9.17) is 16.9 Å². The highest BCUT2D eigenvalue weighted by Crippen LogP contribution is 2.22. The largest absolute Gasteiger partial charge is 0.383 e. The number of halogens is 1. The molecule has 0 aromatic heterocycles. The summed E-state index contributed by atoms with van der Waals surface area (Å²) in [5.41, 5.74) is 0.898. The van der Waals surface area contributed by atoms with Gasteiger partial charge in [-0.05, 0) is 12.1 Å². The van der Waals surface area contributed by atoms with Gasteiger partial charge < -0.3 is 5.32 Å². The van der Waals surface area contributed by atoms with Crippen molar-refractivity contribution < 1.29 is 8.42 Å². The average Bonchev–Trinajstić information content (AvgIpc) is 2.29. The van der Waals surface area contributed by atoms with Crippen molar-refractivity contribution in [1.82, 2.24) is 0 Å². The first-order valence-electron chi connectivity index (χ1n) is 5.13. The molecule has 0 saturated carbocycles. The molecule has 1 N–H and O–H groups in total. The molecule has 0 aliphatic heterocycles. The zero-order valence-corrected chi connectivity index (χ0v) is 11.0. The maximum Gasteiger partial charge on any atom is 0.151 e. The van der Waals surface area contributed by atoms with E-state index in [1.807, 2.05) is 6.07 Å². The van der Waals surface area contributed by atoms with Crippen LogP contribution in [0.2, 0.25) is 5.02 Å². The van der Waals surface area contributed by atoms with Gasteiger partial charge in [0.2, 0.25) is 0 Å². The van der Waals surface area contributed by atoms with Crippen molar-refractivity contribution in [3.63, 3.8) is 0 Å². The van der Waals surface area contributed by atoms with Gasteiger partial charge in [0.15, 0.2) is 9.84 Å². The average molecular weight is 273 g/mol. The fourth-order valence-corrected chi connectivity index (χ4v) is 2.19. The number of anilines is 1. The fraction of sp³-hybridized carbons (Fsp3) is 0.364. The minimum Gasteiger partial charge on any atom is -0.383 e. The lowest BCUT2D eigenvalue weighted by Gasteiger charge is -2.08. The van der Waals surface area contributed by atoms with Gasteiger partial charge in [0.25, 0.3) is 0 Å². The Bertz CT molecular complexity index is 535. The van der Waals surface area contributed by atoms with Crippen LogP contribution in [0.25, 0.3) is 0 Å². The predicted molar refractivity (Wildman–Crippen MR) is 69.0 cm³/mol. The summed E-state index contributed by atoms with van der Waals surface area (Å²) < 4.78 is 22.6. The van der Waals surface area contributed by atoms with E-state index in [-0.39, 0.29) is 18.1 Å². The first-order chi connectivity index (χ1) is 8.00. The molecule has 1 aromatic rings. The van der Waals surface area contributed by atoms with E-state index >= 15 is 0 Å². The van der Waals surface area contributed by atoms with Crippen molar-refractivity contribution in [2.24, 2.45) is 0 Å². The Morgan fingerprint density at radius 2 is 2.18 bits per heavy atom. The van der Waals surface area contributed by atoms with Crippen LogP contribution in [0.15, 0.2) is 18.2 Å². The molecule has 0 saturated heterocycles. The molecule has 0 radical (unpaired) electrons. The number of nitrogens with zero attached hydrogens (tertiary/aromatic N) is 1. The van der Waals surface area contributed by atoms with Gasteiger partial charge in [-0.25, -0.2) is 8.42 Å². The van der Waals surface area contributed by atoms with Gasteiger partial charge in [0.1, 0.15) is 6.07 Å². The number of hydrogen-bond acceptors (Lipinski definition) is 4. The number of benzene rings is 1. The maximum atomic E-state index is 11.3. The Hall–Kier alpha value is -1.25. The van der Waals surface area contributed by atoms with Crippen LogP contribution in [0, 0.1) is 11.3 Å². The molecule has 0 bridgehead atoms. The second kappa shape index (κ2) is 5.89. The standard InChI is InChI=1S/C11H13ClN2O2S/c1-2-17(15,16)7-6-14-11-5-3-4-10(12)9(11)8-13/h3-5,14H,2,6-7H2,1H3. The number of sulfone groups is 1. The zero-order chi connectivity index (χ0) is 12.9. The number of rotatable bonds is 5. The van der Waals surface area contributed by atoms with Crippen molar-refractivity contribution in [3.05, 3.63) is 28.8 Å². The summed E-state index contributed by atoms with van der Waals surface area (Å²) >= 11 is 5.84. The SMILES string of the molecule is CCS(=O)(=O)CCNc1cccc(Cl)c1C#N. The third kappa shape index (κ3) is 3.91. The van der Waals surface area contributed by atoms with Crippen LogP contribution in [0.3, 0.4) is 0 Å². The third-order valence-electron chi connectivity index (χ3n) is 2.29. The first kappa shape index (κ1) is 13.8. The third-order valence-corrected chi connectivity index (χ3v) is 4.31. The summed E-state index contributed by atoms with van der Waals surface area (Å²) in [6, 6.07) is 7.01. The fourth-order valence-electron chi connectivity index (χ4n) is 1.27. The van der Waals surface area contributed by atoms with E-state index in [0.29, 0.717) is 16.3 Å². The van der Waals surface area contributed by atoms with E-state index in [2.05, 4.69) is 5.32 Å². The highest BCUT2D eigenvalue weighted by Gasteiger charge is 2.09. The van der Waals surface area contributed by atoms with Gasteiger partial charge in [-0.2, -0.15) is 5.26 Å². The second-order valence-corrected chi connectivity index (χ2v) is 6.32. The van der Waals surface area contributed by atoms with E-state index in [1.54, 1.807) is 25.1 Å². The summed E-state index contributed by atoms with van der Waals surface area (Å²) in [5.74, 6) is 0.163. The Morgan fingerprint density at radius 1 is 1.47 bits per heavy atom. The molecule has 0 unspecified atom stereocenters. The van der Waals surface area contributed by atoms with Gasteiger partial charge >= 0.3 is 0 Å². The van der Waals surface area contributed by atoms with E-state index < -0.39 is 9.84 Å². The summed E-state index contributed by atoms with van der Waals surface area (Å²) in [4.78, 5) is 0. The number of nitrogens with one attached hydrogen (secondary N) is 1. The lowest BCUT2D eigenvalue weighted by molar-refractivity contribution is 0.597. The summed E-state index contributed by atoms with van der Waals surface area (Å²) in [6.07, 6.45) is 0. The molecule has 92 valence electrons. The van der Waals surface area contributed by atoms with Crippen LogP contribution in [-0.4, -0.2) is 26.5 Å². The number of nitriles is 1. The molecule has 0 atom stereocenters. The maximum absolute atomic E-state index is 11.3. The van der Waals surface area contributed by atoms with Gasteiger partial charge in [0.05, 0.1) is 22.0 Å². The summed E-state index contributed by atoms with van der Waals surface area (Å²) in [5, 5.41) is 12.2. The Kier molecular flexibility index (Phi) is 4.79. The molecule has 0 aliphatic rings. The van der Waals surface area contributed by atoms with Crippen LogP contribution in [0.4, 0.5) is 5.69 Å². The molecule has 0 fully saturated rings. The first-order valence-corrected chi connectivity index (χ1v) is 7.33. The topological polar surface area (TPSA) is 70.0 Å². The molecule has 0 aliphatic carbocycles. The molecule has 0 amide bonds. The van der Waals surface area contributed by atoms with Crippen LogP contribution < -0.4 is 5.32 Å². The second-order valence-electron chi connectivity index (χ2n) is 3.44. The van der Waals surface area contributed by atoms with Crippen molar-refractivity contribution in [2.75, 3.05) is 23.4 Å². The van der Waals surface area contributed by atoms with Gasteiger partial charge in [0, 0.05) is 12.3 Å². The highest BCUT2D eigenvalue weighted by atomic mass is 35.5. The van der Waals surface area contributed by atoms with E-state index in [1.165, 1.54) is 0 Å². The smallest absolute Gasteiger partial charge is 0.151 e. The minimum atomic E-state index is -3.00. The van der Waals surface area contributed by atoms with Crippen LogP contribution in [-0.2, 0) is 9.84 Å². The van der Waals surface area contributed by atoms with Crippen LogP contribution >= 0.6 is 11.6 Å². The lowest BCUT2D eigenvalue weighted by atomic mass is 10.2. The minimum absolute atomic E-state index is 0.0425. The summed E-state index contributed by atoms with van der Waals surface area (Å²) in [7, 11) is -3.00. The Labute approximate surface area is 106 Å². The molecule has 0 spiro atoms. The Balaban J connectivity index is 2.72.